The molecule has 0 amide bonds. The lowest BCUT2D eigenvalue weighted by Crippen LogP contribution is -1.86. The van der Waals surface area contributed by atoms with Gasteiger partial charge in [0.25, 0.3) is 0 Å². The number of carbonyl (C=O) groups excluding carboxylic acids is 1. The number of carbonyl (C=O) groups is 1. The van der Waals surface area contributed by atoms with Gasteiger partial charge in [0.2, 0.25) is 0 Å². The van der Waals surface area contributed by atoms with E-state index in [0.717, 1.165) is 12.3 Å². The highest BCUT2D eigenvalue weighted by Crippen LogP contribution is 1.61. The molecular weight excluding hydrogens is 82.0 g/mol. The van der Waals surface area contributed by atoms with E-state index in [-0.39, 0.29) is 0 Å². The van der Waals surface area contributed by atoms with Gasteiger partial charge in [-0.25, -0.2) is 9.90 Å². The fourth-order valence-corrected chi connectivity index (χ4v) is 0.0786. The van der Waals surface area contributed by atoms with Gasteiger partial charge in [0.15, 0.2) is 0 Å². The van der Waals surface area contributed by atoms with Crippen molar-refractivity contribution in [1.82, 2.24) is 0 Å². The van der Waals surface area contributed by atoms with Gasteiger partial charge in [-0.3, -0.25) is 0 Å². The van der Waals surface area contributed by atoms with Crippen LogP contribution in [0.15, 0.2) is 12.3 Å². The minimum Gasteiger partial charge on any atom is -0.404 e. The molecule has 2 N–H and O–H groups in total. The molecule has 0 aromatic rings. The van der Waals surface area contributed by atoms with Gasteiger partial charge in [-0.15, -0.1) is 0 Å². The fourth-order valence-electron chi connectivity index (χ4n) is 0.0786. The lowest BCUT2D eigenvalue weighted by atomic mass is 10.6. The van der Waals surface area contributed by atoms with E-state index >= 15 is 0 Å². The van der Waals surface area contributed by atoms with Crippen LogP contribution in [0.3, 0.4) is 0 Å². The average molecular weight is 86.1 g/mol. The Kier molecular flexibility index (Phi) is 1.89. The van der Waals surface area contributed by atoms with Crippen LogP contribution >= 0.6 is 0 Å². The van der Waals surface area contributed by atoms with Gasteiger partial charge in [0.05, 0.1) is 0 Å². The molecule has 0 rings (SSSR count). The van der Waals surface area contributed by atoms with Crippen LogP contribution < -0.4 is 5.73 Å². The van der Waals surface area contributed by atoms with Crippen molar-refractivity contribution in [3.63, 3.8) is 0 Å². The Morgan fingerprint density at radius 2 is 2.17 bits per heavy atom. The Balaban J connectivity index is 3.30. The van der Waals surface area contributed by atoms with Crippen LogP contribution in [0, 0.1) is 0 Å². The zero-order valence-electron chi connectivity index (χ0n) is 3.05. The summed E-state index contributed by atoms with van der Waals surface area (Å²) in [5.74, 6) is -1.27. The van der Waals surface area contributed by atoms with E-state index in [4.69, 9.17) is 0 Å². The molecule has 0 saturated heterocycles. The molecule has 0 unspecified atom stereocenters. The van der Waals surface area contributed by atoms with Crippen LogP contribution in [-0.4, -0.2) is 5.97 Å². The molecule has 1 radical (unpaired) electrons. The number of nitrogens with two attached hydrogens (primary N) is 1. The third-order valence-electron chi connectivity index (χ3n) is 0.232. The highest BCUT2D eigenvalue weighted by atomic mass is 16.4. The third kappa shape index (κ3) is 3.01. The highest BCUT2D eigenvalue weighted by molar-refractivity contribution is 5.79. The monoisotopic (exact) mass is 86.0 g/mol. The van der Waals surface area contributed by atoms with Crippen LogP contribution in [0.5, 0.6) is 0 Å². The minimum absolute atomic E-state index is 0.750. The quantitative estimate of drug-likeness (QED) is 0.434. The first-order chi connectivity index (χ1) is 2.77. The molecule has 0 spiro atoms. The summed E-state index contributed by atoms with van der Waals surface area (Å²) in [6.45, 7) is 0. The Morgan fingerprint density at radius 3 is 2.17 bits per heavy atom. The van der Waals surface area contributed by atoms with E-state index in [9.17, 15) is 9.90 Å². The SMILES string of the molecule is NC=CC([O])=O. The Bertz CT molecular complexity index is 76.9. The van der Waals surface area contributed by atoms with Crippen molar-refractivity contribution in [2.45, 2.75) is 0 Å². The fraction of sp³-hybridized carbons (Fsp3) is 0. The van der Waals surface area contributed by atoms with Crippen molar-refractivity contribution in [1.29, 1.82) is 0 Å². The van der Waals surface area contributed by atoms with Gasteiger partial charge >= 0.3 is 5.97 Å². The van der Waals surface area contributed by atoms with Crippen LogP contribution in [0.2, 0.25) is 0 Å². The van der Waals surface area contributed by atoms with Crippen molar-refractivity contribution in [2.75, 3.05) is 0 Å². The molecule has 0 saturated carbocycles. The van der Waals surface area contributed by atoms with Crippen LogP contribution in [0.1, 0.15) is 0 Å². The van der Waals surface area contributed by atoms with Crippen molar-refractivity contribution in [3.8, 4) is 0 Å². The maximum Gasteiger partial charge on any atom is 0.380 e. The molecule has 0 atom stereocenters. The average Bonchev–Trinajstić information content (AvgIpc) is 1.35. The molecule has 3 heteroatoms. The van der Waals surface area contributed by atoms with Gasteiger partial charge in [0.1, 0.15) is 0 Å². The van der Waals surface area contributed by atoms with Gasteiger partial charge in [-0.1, -0.05) is 0 Å². The second-order valence-electron chi connectivity index (χ2n) is 0.678. The molecule has 0 aliphatic heterocycles. The van der Waals surface area contributed by atoms with E-state index in [1.165, 1.54) is 0 Å². The first-order valence-corrected chi connectivity index (χ1v) is 1.36. The molecular formula is C3H4NO2. The summed E-state index contributed by atoms with van der Waals surface area (Å²) < 4.78 is 0. The summed E-state index contributed by atoms with van der Waals surface area (Å²) in [4.78, 5) is 9.32. The Hall–Kier alpha value is -0.990. The summed E-state index contributed by atoms with van der Waals surface area (Å²) in [5.41, 5.74) is 4.63. The highest BCUT2D eigenvalue weighted by Gasteiger charge is 1.82. The van der Waals surface area contributed by atoms with E-state index in [0.29, 0.717) is 0 Å². The van der Waals surface area contributed by atoms with Gasteiger partial charge in [-0.05, 0) is 0 Å². The minimum atomic E-state index is -1.27. The summed E-state index contributed by atoms with van der Waals surface area (Å²) >= 11 is 0. The molecule has 33 valence electrons. The van der Waals surface area contributed by atoms with Crippen LogP contribution in [-0.2, 0) is 9.90 Å². The van der Waals surface area contributed by atoms with E-state index in [2.05, 4.69) is 5.73 Å². The maximum absolute atomic E-state index is 9.32. The molecule has 0 aliphatic rings. The van der Waals surface area contributed by atoms with Gasteiger partial charge < -0.3 is 5.73 Å². The van der Waals surface area contributed by atoms with E-state index in [1.807, 2.05) is 0 Å². The molecule has 0 bridgehead atoms. The van der Waals surface area contributed by atoms with Crippen molar-refractivity contribution >= 4 is 5.97 Å². The second-order valence-corrected chi connectivity index (χ2v) is 0.678. The number of rotatable bonds is 1. The lowest BCUT2D eigenvalue weighted by molar-refractivity contribution is -0.137. The number of hydrogen-bond acceptors (Lipinski definition) is 2. The van der Waals surface area contributed by atoms with E-state index < -0.39 is 5.97 Å². The summed E-state index contributed by atoms with van der Waals surface area (Å²) in [5, 5.41) is 9.32. The topological polar surface area (TPSA) is 63.0 Å². The molecule has 0 fully saturated rings. The zero-order valence-corrected chi connectivity index (χ0v) is 3.05. The summed E-state index contributed by atoms with van der Waals surface area (Å²) in [7, 11) is 0. The predicted molar refractivity (Wildman–Crippen MR) is 19.0 cm³/mol. The molecule has 6 heavy (non-hydrogen) atoms. The first-order valence-electron chi connectivity index (χ1n) is 1.36. The first kappa shape index (κ1) is 5.01. The van der Waals surface area contributed by atoms with Crippen LogP contribution in [0.25, 0.3) is 0 Å². The third-order valence-corrected chi connectivity index (χ3v) is 0.232. The Morgan fingerprint density at radius 1 is 1.67 bits per heavy atom. The van der Waals surface area contributed by atoms with Gasteiger partial charge in [-0.2, -0.15) is 0 Å². The molecule has 0 heterocycles. The Labute approximate surface area is 35.1 Å². The van der Waals surface area contributed by atoms with Crippen molar-refractivity contribution in [3.05, 3.63) is 12.3 Å². The maximum atomic E-state index is 9.32. The second kappa shape index (κ2) is 2.26. The molecule has 0 aliphatic carbocycles. The number of hydrogen-bond donors (Lipinski definition) is 1. The van der Waals surface area contributed by atoms with Gasteiger partial charge in [0, 0.05) is 12.3 Å². The van der Waals surface area contributed by atoms with Crippen LogP contribution in [0.4, 0.5) is 0 Å². The summed E-state index contributed by atoms with van der Waals surface area (Å²) in [6.07, 6.45) is 1.66. The van der Waals surface area contributed by atoms with Crippen molar-refractivity contribution < 1.29 is 9.90 Å². The molecule has 0 aromatic heterocycles. The smallest absolute Gasteiger partial charge is 0.380 e. The standard InChI is InChI=1S/C3H4NO2/c4-2-1-3(5)6/h1-2H,4H2. The largest absolute Gasteiger partial charge is 0.404 e. The lowest BCUT2D eigenvalue weighted by Gasteiger charge is -1.63. The van der Waals surface area contributed by atoms with Crippen molar-refractivity contribution in [2.24, 2.45) is 5.73 Å². The zero-order chi connectivity index (χ0) is 4.99. The van der Waals surface area contributed by atoms with E-state index in [1.54, 1.807) is 0 Å². The predicted octanol–water partition coefficient (Wildman–Crippen LogP) is -0.584. The summed E-state index contributed by atoms with van der Waals surface area (Å²) in [6, 6.07) is 0. The molecule has 0 aromatic carbocycles. The normalized spacial score (nSPS) is 9.33. The molecule has 3 nitrogen and oxygen atoms in total.